The molecular weight excluding hydrogens is 1590 g/mol. The van der Waals surface area contributed by atoms with Gasteiger partial charge in [-0.2, -0.15) is 18.3 Å². The van der Waals surface area contributed by atoms with E-state index >= 15 is 0 Å². The molecule has 0 unspecified atom stereocenters. The topological polar surface area (TPSA) is 357 Å². The lowest BCUT2D eigenvalue weighted by molar-refractivity contribution is -0.150. The summed E-state index contributed by atoms with van der Waals surface area (Å²) in [5.41, 5.74) is 34.5. The molecule has 4 amide bonds. The van der Waals surface area contributed by atoms with Crippen molar-refractivity contribution in [2.75, 3.05) is 41.5 Å². The second kappa shape index (κ2) is 36.6. The first-order valence-electron chi connectivity index (χ1n) is 43.3. The van der Waals surface area contributed by atoms with Crippen molar-refractivity contribution in [2.45, 2.75) is 241 Å². The number of hydrogen-bond donors (Lipinski definition) is 8. The number of halogens is 4. The van der Waals surface area contributed by atoms with Crippen molar-refractivity contribution in [3.8, 4) is 22.7 Å². The van der Waals surface area contributed by atoms with Crippen LogP contribution >= 0.6 is 0 Å². The summed E-state index contributed by atoms with van der Waals surface area (Å²) < 4.78 is 74.3. The van der Waals surface area contributed by atoms with Crippen molar-refractivity contribution in [1.29, 1.82) is 0 Å². The van der Waals surface area contributed by atoms with E-state index in [0.717, 1.165) is 148 Å². The van der Waals surface area contributed by atoms with Crippen molar-refractivity contribution >= 4 is 86.4 Å². The van der Waals surface area contributed by atoms with E-state index in [2.05, 4.69) is 76.3 Å². The monoisotopic (exact) mass is 1700 g/mol. The minimum Gasteiger partial charge on any atom is -0.462 e. The molecule has 3 fully saturated rings. The van der Waals surface area contributed by atoms with Crippen LogP contribution in [-0.2, 0) is 46.1 Å². The van der Waals surface area contributed by atoms with Gasteiger partial charge in [-0.1, -0.05) is 86.4 Å². The Morgan fingerprint density at radius 3 is 1.53 bits per heavy atom. The predicted molar refractivity (Wildman–Crippen MR) is 471 cm³/mol. The molecule has 9 aromatic rings. The number of fused-ring (bicyclic) bond motifs is 6. The number of aromatic nitrogens is 5. The number of amides is 4. The largest absolute Gasteiger partial charge is 0.462 e. The van der Waals surface area contributed by atoms with E-state index in [0.29, 0.717) is 104 Å². The molecule has 7 aliphatic carbocycles. The number of nitrogens with two attached hydrogens (primary N) is 4. The average molecular weight is 1700 g/mol. The molecule has 3 saturated carbocycles. The van der Waals surface area contributed by atoms with E-state index in [-0.39, 0.29) is 93.2 Å². The number of rotatable bonds is 20. The summed E-state index contributed by atoms with van der Waals surface area (Å²) >= 11 is 0. The van der Waals surface area contributed by atoms with Gasteiger partial charge in [0.15, 0.2) is 28.8 Å². The average Bonchev–Trinajstić information content (AvgIpc) is 1.60. The van der Waals surface area contributed by atoms with Crippen molar-refractivity contribution < 1.29 is 70.2 Å². The van der Waals surface area contributed by atoms with Gasteiger partial charge in [-0.25, -0.2) is 9.07 Å². The van der Waals surface area contributed by atoms with E-state index in [4.69, 9.17) is 32.4 Å². The molecule has 7 aliphatic rings. The highest BCUT2D eigenvalue weighted by Crippen LogP contribution is 2.46. The summed E-state index contributed by atoms with van der Waals surface area (Å²) in [5, 5.41) is 18.3. The maximum Gasteiger partial charge on any atom is 0.435 e. The van der Waals surface area contributed by atoms with Gasteiger partial charge in [0.25, 0.3) is 23.6 Å². The number of ketones is 4. The molecule has 0 aliphatic heterocycles. The van der Waals surface area contributed by atoms with Crippen LogP contribution in [0.25, 0.3) is 33.7 Å². The number of hydrogen-bond acceptors (Lipinski definition) is 16. The Kier molecular flexibility index (Phi) is 26.6. The molecule has 0 spiro atoms. The number of methoxy groups -OCH3 is 1. The number of benzene rings is 5. The van der Waals surface area contributed by atoms with Crippen LogP contribution in [0.1, 0.15) is 293 Å². The zero-order valence-electron chi connectivity index (χ0n) is 72.7. The molecule has 0 atom stereocenters. The van der Waals surface area contributed by atoms with Crippen LogP contribution < -0.4 is 44.2 Å². The summed E-state index contributed by atoms with van der Waals surface area (Å²) in [5.74, 6) is -2.53. The van der Waals surface area contributed by atoms with Crippen LogP contribution in [0, 0.1) is 41.8 Å². The van der Waals surface area contributed by atoms with Gasteiger partial charge in [0, 0.05) is 144 Å². The number of nitrogens with zero attached hydrogens (tertiary/aromatic N) is 5. The molecule has 5 aromatic carbocycles. The molecule has 16 rings (SSSR count). The summed E-state index contributed by atoms with van der Waals surface area (Å²) in [6.07, 6.45) is 15.9. The molecule has 124 heavy (non-hydrogen) atoms. The van der Waals surface area contributed by atoms with Gasteiger partial charge in [-0.3, -0.25) is 43.2 Å². The third-order valence-corrected chi connectivity index (χ3v) is 25.1. The number of ether oxygens (including phenoxy) is 2. The summed E-state index contributed by atoms with van der Waals surface area (Å²) in [6, 6.07) is 27.4. The molecular formula is C96H115F4N13O11. The fourth-order valence-electron chi connectivity index (χ4n) is 19.2. The lowest BCUT2D eigenvalue weighted by Crippen LogP contribution is -2.31. The maximum atomic E-state index is 15.0. The smallest absolute Gasteiger partial charge is 0.435 e. The summed E-state index contributed by atoms with van der Waals surface area (Å²) in [6.45, 7) is 21.1. The number of nitrogens with one attached hydrogen (secondary N) is 4. The Morgan fingerprint density at radius 2 is 0.992 bits per heavy atom. The molecule has 12 N–H and O–H groups in total. The molecule has 0 saturated heterocycles. The van der Waals surface area contributed by atoms with E-state index in [1.54, 1.807) is 32.2 Å². The molecule has 28 heteroatoms. The molecule has 0 radical (unpaired) electrons. The number of primary amides is 4. The van der Waals surface area contributed by atoms with Gasteiger partial charge in [-0.15, -0.1) is 0 Å². The number of aryl methyl sites for hydroxylation is 2. The highest BCUT2D eigenvalue weighted by atomic mass is 19.4. The van der Waals surface area contributed by atoms with Gasteiger partial charge in [0.1, 0.15) is 11.9 Å². The van der Waals surface area contributed by atoms with Crippen LogP contribution in [0.3, 0.4) is 0 Å². The van der Waals surface area contributed by atoms with E-state index < -0.39 is 52.5 Å². The van der Waals surface area contributed by atoms with Gasteiger partial charge in [0.05, 0.1) is 62.7 Å². The van der Waals surface area contributed by atoms with Crippen molar-refractivity contribution in [2.24, 2.45) is 45.1 Å². The van der Waals surface area contributed by atoms with E-state index in [1.807, 2.05) is 93.1 Å². The highest BCUT2D eigenvalue weighted by molar-refractivity contribution is 6.11. The maximum absolute atomic E-state index is 15.0. The zero-order valence-corrected chi connectivity index (χ0v) is 72.7. The first-order chi connectivity index (χ1) is 58.7. The normalized spacial score (nSPS) is 19.4. The molecule has 658 valence electrons. The number of esters is 1. The number of Topliss-reactive ketones (excluding diaryl/α,β-unsaturated/α-hetero) is 4. The lowest BCUT2D eigenvalue weighted by Gasteiger charge is -2.30. The SMILES string of the molecule is CCC(=O)OC1CCC(Nc2cc(-n3nc(C(F)(F)F)c4c3CC(C)(C)CC4=O)ccc2C(N)=O)CC1.COCCNc1cc(-n2c3c(c4ccccc42)C(=O)CCC3)ccc1C(N)=O.Cc1cn(-c2cc(F)c(C(N)=O)c(NC3CCCC3)c2)c2c1C(=O)CC(C)(C)C2.Cc1cn(-c2ccc(C(N)=O)c(NC3CCC(C)CC3)c2)c2c1C(=O)CC(C)(C)C2. The van der Waals surface area contributed by atoms with Gasteiger partial charge in [0.2, 0.25) is 0 Å². The Balaban J connectivity index is 0.000000143. The van der Waals surface area contributed by atoms with Gasteiger partial charge < -0.3 is 67.4 Å². The number of carbonyl (C=O) groups is 9. The predicted octanol–water partition coefficient (Wildman–Crippen LogP) is 17.7. The van der Waals surface area contributed by atoms with Crippen molar-refractivity contribution in [3.05, 3.63) is 193 Å². The lowest BCUT2D eigenvalue weighted by atomic mass is 9.75. The standard InChI is InChI=1S/C26H31F3N4O4.C25H33N3O2.C23H28FN3O2.C22H23N3O3/c1-4-21(35)37-16-8-5-14(6-9-16)31-18-11-15(7-10-17(18)24(30)36)33-19-12-25(2,3)13-20(34)22(19)23(32-33)26(27,28)29;1-15-5-7-17(8-6-15)27-20-11-18(9-10-19(20)24(26)30)28-14-16(2)23-21(28)12-25(3,4)13-22(23)29;1-13-12-27(18-10-23(2,3)11-19(28)20(13)18)15-8-16(24)21(22(25)29)17(9-15)26-14-6-4-5-7-14;1-28-12-11-24-17-13-14(9-10-15(17)22(23)27)25-18-6-3-2-5-16(18)21-19(25)7-4-8-20(21)26/h7,10-11,14,16,31H,4-6,8-9,12-13H2,1-3H3,(H2,30,36);9-11,14-15,17,27H,5-8,12-13H2,1-4H3,(H2,26,30);8-9,12,14,26H,4-7,10-11H2,1-3H3,(H2,25,29);2-3,5-6,9-10,13,24H,4,7-8,11-12H2,1H3,(H2,23,27). The van der Waals surface area contributed by atoms with Crippen LogP contribution in [-0.4, -0.2) is 121 Å². The molecule has 0 bridgehead atoms. The first-order valence-corrected chi connectivity index (χ1v) is 43.3. The zero-order chi connectivity index (χ0) is 89.3. The second-order valence-corrected chi connectivity index (χ2v) is 37.0. The molecule has 4 aromatic heterocycles. The first kappa shape index (κ1) is 90.1. The molecule has 4 heterocycles. The minimum atomic E-state index is -4.79. The number of anilines is 4. The minimum absolute atomic E-state index is 0.00155. The summed E-state index contributed by atoms with van der Waals surface area (Å²) in [4.78, 5) is 110. The van der Waals surface area contributed by atoms with Gasteiger partial charge >= 0.3 is 12.1 Å². The fourth-order valence-corrected chi connectivity index (χ4v) is 19.2. The van der Waals surface area contributed by atoms with Crippen LogP contribution in [0.15, 0.2) is 103 Å². The van der Waals surface area contributed by atoms with Crippen LogP contribution in [0.2, 0.25) is 0 Å². The Hall–Kier alpha value is -11.7. The van der Waals surface area contributed by atoms with Gasteiger partial charge in [-0.05, 0) is 216 Å². The number of para-hydroxylation sites is 1. The third-order valence-electron chi connectivity index (χ3n) is 25.1. The van der Waals surface area contributed by atoms with E-state index in [1.165, 1.54) is 31.0 Å². The Bertz CT molecular complexity index is 5660. The summed E-state index contributed by atoms with van der Waals surface area (Å²) in [7, 11) is 1.63. The second-order valence-electron chi connectivity index (χ2n) is 37.0. The van der Waals surface area contributed by atoms with E-state index in [9.17, 15) is 60.7 Å². The van der Waals surface area contributed by atoms with Crippen molar-refractivity contribution in [1.82, 2.24) is 23.5 Å². The van der Waals surface area contributed by atoms with Crippen LogP contribution in [0.4, 0.5) is 40.3 Å². The third kappa shape index (κ3) is 19.8. The number of carbonyl (C=O) groups excluding carboxylic acids is 9. The fraction of sp³-hybridized carbons (Fsp3) is 0.458. The Morgan fingerprint density at radius 1 is 0.516 bits per heavy atom. The van der Waals surface area contributed by atoms with Crippen molar-refractivity contribution in [3.63, 3.8) is 0 Å². The Labute approximate surface area is 720 Å². The van der Waals surface area contributed by atoms with Crippen LogP contribution in [0.5, 0.6) is 0 Å². The quantitative estimate of drug-likeness (QED) is 0.0200. The highest BCUT2D eigenvalue weighted by Gasteiger charge is 2.46. The number of alkyl halides is 3. The molecule has 24 nitrogen and oxygen atoms in total.